The second kappa shape index (κ2) is 3760. The third-order valence-corrected chi connectivity index (χ3v) is 0.112. The Kier molecular flexibility index (Phi) is 12400. The Balaban J connectivity index is -0.0000000105. The van der Waals surface area contributed by atoms with Gasteiger partial charge in [-0.3, -0.25) is 0 Å². The van der Waals surface area contributed by atoms with E-state index in [1.54, 1.807) is 13.2 Å². The molecule has 0 atom stereocenters. The fraction of sp³-hybridized carbons (Fsp3) is 0.143. The molecule has 0 spiro atoms. The number of hydrogen-bond acceptors (Lipinski definition) is 2. The van der Waals surface area contributed by atoms with E-state index in [-0.39, 0.29) is 21.1 Å². The Morgan fingerprint density at radius 2 is 0.867 bits per heavy atom. The molecule has 0 aliphatic carbocycles. The van der Waals surface area contributed by atoms with E-state index >= 15 is 0 Å². The van der Waals surface area contributed by atoms with Gasteiger partial charge in [-0.15, -0.1) is 0 Å². The van der Waals surface area contributed by atoms with Crippen molar-refractivity contribution >= 4 is 0 Å². The second-order valence-electron chi connectivity index (χ2n) is 0.362. The number of rotatable bonds is 0. The summed E-state index contributed by atoms with van der Waals surface area (Å²) in [6.45, 7) is 22.5. The van der Waals surface area contributed by atoms with Crippen LogP contribution < -0.4 is 5.32 Å². The molecular formula is C7H4N2O5W. The SMILES string of the molecule is CNC#N.[C-]#[O+].[C-]#[O+].[C-]#[O+].[C-]#[O+].[C-]#[O+].[W]. The molecule has 0 aliphatic heterocycles. The zero-order chi connectivity index (χ0) is 13.4. The van der Waals surface area contributed by atoms with Crippen molar-refractivity contribution in [2.24, 2.45) is 0 Å². The Bertz CT molecular complexity index is 153. The number of hydrogen-bond donors (Lipinski definition) is 1. The molecule has 0 aliphatic rings. The smallest absolute Gasteiger partial charge is 0 e. The normalized spacial score (nSPS) is 1.73. The topological polar surface area (TPSA) is 135 Å². The van der Waals surface area contributed by atoms with Gasteiger partial charge in [0.15, 0.2) is 6.19 Å². The molecule has 0 aromatic heterocycles. The molecule has 0 radical (unpaired) electrons. The van der Waals surface area contributed by atoms with Crippen LogP contribution in [0.2, 0.25) is 0 Å². The van der Waals surface area contributed by atoms with Gasteiger partial charge >= 0.3 is 56.5 Å². The first-order valence-corrected chi connectivity index (χ1v) is 1.99. The van der Waals surface area contributed by atoms with E-state index in [0.717, 1.165) is 0 Å². The number of nitriles is 1. The molecule has 1 N–H and O–H groups in total. The maximum atomic E-state index is 7.51. The van der Waals surface area contributed by atoms with Crippen LogP contribution in [-0.2, 0) is 44.3 Å². The molecule has 7 nitrogen and oxygen atoms in total. The third-order valence-electron chi connectivity index (χ3n) is 0.112. The molecule has 0 rings (SSSR count). The van der Waals surface area contributed by atoms with E-state index in [2.05, 4.69) is 38.6 Å². The number of nitrogens with one attached hydrogen (secondary N) is 1. The molecule has 0 fully saturated rings. The van der Waals surface area contributed by atoms with Crippen molar-refractivity contribution in [1.29, 1.82) is 5.26 Å². The van der Waals surface area contributed by atoms with Gasteiger partial charge in [0, 0.05) is 28.1 Å². The van der Waals surface area contributed by atoms with Gasteiger partial charge < -0.3 is 5.32 Å². The van der Waals surface area contributed by atoms with Crippen LogP contribution in [0.4, 0.5) is 0 Å². The summed E-state index contributed by atoms with van der Waals surface area (Å²) < 4.78 is 37.5. The molecule has 78 valence electrons. The van der Waals surface area contributed by atoms with Crippen molar-refractivity contribution in [2.45, 2.75) is 0 Å². The van der Waals surface area contributed by atoms with Crippen LogP contribution in [0.5, 0.6) is 0 Å². The third kappa shape index (κ3) is 14000. The van der Waals surface area contributed by atoms with Gasteiger partial charge in [0.2, 0.25) is 0 Å². The average Bonchev–Trinajstić information content (AvgIpc) is 2.41. The van der Waals surface area contributed by atoms with Gasteiger partial charge in [-0.2, -0.15) is 5.26 Å². The van der Waals surface area contributed by atoms with Crippen LogP contribution in [0.3, 0.4) is 0 Å². The summed E-state index contributed by atoms with van der Waals surface area (Å²) in [5.74, 6) is 0. The van der Waals surface area contributed by atoms with E-state index in [0.29, 0.717) is 0 Å². The molecule has 0 saturated carbocycles. The molecular weight excluding hydrogens is 376 g/mol. The predicted octanol–water partition coefficient (Wildman–Crippen LogP) is -0.503. The first-order chi connectivity index (χ1) is 6.91. The summed E-state index contributed by atoms with van der Waals surface area (Å²) in [6, 6.07) is 0. The Labute approximate surface area is 102 Å². The summed E-state index contributed by atoms with van der Waals surface area (Å²) in [6.07, 6.45) is 1.68. The molecule has 15 heavy (non-hydrogen) atoms. The van der Waals surface area contributed by atoms with Crippen molar-refractivity contribution in [2.75, 3.05) is 7.05 Å². The standard InChI is InChI=1S/C2H4N2.5CO.W/c1-4-2-3;5*1-2;/h4H,1H3;;;;;;. The molecule has 8 heteroatoms. The minimum atomic E-state index is 0. The van der Waals surface area contributed by atoms with Crippen LogP contribution >= 0.6 is 0 Å². The zero-order valence-electron chi connectivity index (χ0n) is 7.40. The van der Waals surface area contributed by atoms with Gasteiger partial charge in [-0.1, -0.05) is 0 Å². The Morgan fingerprint density at radius 1 is 0.800 bits per heavy atom. The van der Waals surface area contributed by atoms with E-state index < -0.39 is 0 Å². The van der Waals surface area contributed by atoms with E-state index in [4.69, 9.17) is 28.5 Å². The Morgan fingerprint density at radius 3 is 0.867 bits per heavy atom. The maximum Gasteiger partial charge on any atom is 0 e. The van der Waals surface area contributed by atoms with Gasteiger partial charge in [-0.05, 0) is 0 Å². The molecule has 0 unspecified atom stereocenters. The summed E-state index contributed by atoms with van der Waals surface area (Å²) in [7, 11) is 1.57. The molecule has 0 saturated heterocycles. The van der Waals surface area contributed by atoms with Crippen molar-refractivity contribution in [3.05, 3.63) is 33.3 Å². The summed E-state index contributed by atoms with van der Waals surface area (Å²) in [5, 5.41) is 9.75. The summed E-state index contributed by atoms with van der Waals surface area (Å²) in [5.41, 5.74) is 0. The largest absolute Gasteiger partial charge is 0 e. The minimum Gasteiger partial charge on any atom is 0 e. The van der Waals surface area contributed by atoms with Gasteiger partial charge in [0.05, 0.1) is 0 Å². The molecule has 0 aromatic carbocycles. The van der Waals surface area contributed by atoms with Gasteiger partial charge in [0.1, 0.15) is 0 Å². The average molecular weight is 380 g/mol. The quantitative estimate of drug-likeness (QED) is 0.262. The van der Waals surface area contributed by atoms with Crippen LogP contribution in [-0.4, -0.2) is 7.05 Å². The molecule has 0 heterocycles. The molecule has 0 aromatic rings. The zero-order valence-corrected chi connectivity index (χ0v) is 10.3. The van der Waals surface area contributed by atoms with Gasteiger partial charge in [0.25, 0.3) is 0 Å². The van der Waals surface area contributed by atoms with Gasteiger partial charge in [-0.25, -0.2) is 0 Å². The summed E-state index contributed by atoms with van der Waals surface area (Å²) in [4.78, 5) is 0. The fourth-order valence-electron chi connectivity index (χ4n) is 0. The first-order valence-electron chi connectivity index (χ1n) is 1.99. The fourth-order valence-corrected chi connectivity index (χ4v) is 0. The number of nitrogens with zero attached hydrogens (tertiary/aromatic N) is 1. The van der Waals surface area contributed by atoms with Crippen molar-refractivity contribution in [3.8, 4) is 6.19 Å². The molecule has 0 amide bonds. The molecule has 0 bridgehead atoms. The Hall–Kier alpha value is -1.32. The van der Waals surface area contributed by atoms with Crippen LogP contribution in [0.25, 0.3) is 0 Å². The minimum absolute atomic E-state index is 0. The predicted molar refractivity (Wildman–Crippen MR) is 34.3 cm³/mol. The second-order valence-corrected chi connectivity index (χ2v) is 0.362. The van der Waals surface area contributed by atoms with Crippen molar-refractivity contribution in [1.82, 2.24) is 5.32 Å². The maximum absolute atomic E-state index is 7.51. The van der Waals surface area contributed by atoms with Crippen molar-refractivity contribution in [3.63, 3.8) is 0 Å². The van der Waals surface area contributed by atoms with E-state index in [9.17, 15) is 0 Å². The van der Waals surface area contributed by atoms with Crippen LogP contribution in [0.1, 0.15) is 0 Å². The first kappa shape index (κ1) is 49.3. The van der Waals surface area contributed by atoms with Crippen LogP contribution in [0.15, 0.2) is 0 Å². The van der Waals surface area contributed by atoms with Crippen molar-refractivity contribution < 1.29 is 44.3 Å². The van der Waals surface area contributed by atoms with E-state index in [1.165, 1.54) is 0 Å². The summed E-state index contributed by atoms with van der Waals surface area (Å²) >= 11 is 0. The van der Waals surface area contributed by atoms with Crippen LogP contribution in [0, 0.1) is 44.7 Å². The van der Waals surface area contributed by atoms with E-state index in [1.807, 2.05) is 0 Å². The monoisotopic (exact) mass is 380 g/mol.